The highest BCUT2D eigenvalue weighted by Gasteiger charge is 2.12. The average molecular weight is 248 g/mol. The molecule has 0 aliphatic carbocycles. The molecular weight excluding hydrogens is 224 g/mol. The minimum atomic E-state index is 0.192. The molecule has 1 aromatic carbocycles. The van der Waals surface area contributed by atoms with Gasteiger partial charge in [0.2, 0.25) is 5.91 Å². The number of rotatable bonds is 7. The van der Waals surface area contributed by atoms with Gasteiger partial charge in [-0.25, -0.2) is 0 Å². The molecule has 0 aromatic heterocycles. The summed E-state index contributed by atoms with van der Waals surface area (Å²) in [5.74, 6) is 0.722. The molecular formula is C15H24N2O. The summed E-state index contributed by atoms with van der Waals surface area (Å²) in [6, 6.07) is 9.90. The molecule has 3 nitrogen and oxygen atoms in total. The fourth-order valence-corrected chi connectivity index (χ4v) is 1.96. The zero-order valence-electron chi connectivity index (χ0n) is 11.6. The molecule has 1 rings (SSSR count). The molecule has 0 spiro atoms. The van der Waals surface area contributed by atoms with Crippen molar-refractivity contribution in [3.05, 3.63) is 35.9 Å². The standard InChI is InChI=1S/C15H24N2O/c1-13(9-10-16-2)12-17(3)15(18)11-14-7-5-4-6-8-14/h4-8,13,16H,9-12H2,1-3H3. The van der Waals surface area contributed by atoms with Gasteiger partial charge in [-0.2, -0.15) is 0 Å². The first-order chi connectivity index (χ1) is 8.63. The Hall–Kier alpha value is -1.35. The number of carbonyl (C=O) groups is 1. The monoisotopic (exact) mass is 248 g/mol. The Morgan fingerprint density at radius 1 is 1.33 bits per heavy atom. The lowest BCUT2D eigenvalue weighted by Gasteiger charge is -2.21. The molecule has 0 heterocycles. The Morgan fingerprint density at radius 3 is 2.61 bits per heavy atom. The fraction of sp³-hybridized carbons (Fsp3) is 0.533. The molecule has 18 heavy (non-hydrogen) atoms. The highest BCUT2D eigenvalue weighted by Crippen LogP contribution is 2.06. The first-order valence-electron chi connectivity index (χ1n) is 6.56. The van der Waals surface area contributed by atoms with E-state index in [9.17, 15) is 4.79 Å². The number of nitrogens with one attached hydrogen (secondary N) is 1. The molecule has 1 atom stereocenters. The van der Waals surface area contributed by atoms with Gasteiger partial charge in [0, 0.05) is 13.6 Å². The van der Waals surface area contributed by atoms with Crippen molar-refractivity contribution in [3.8, 4) is 0 Å². The smallest absolute Gasteiger partial charge is 0.226 e. The molecule has 1 N–H and O–H groups in total. The summed E-state index contributed by atoms with van der Waals surface area (Å²) >= 11 is 0. The topological polar surface area (TPSA) is 32.3 Å². The number of likely N-dealkylation sites (N-methyl/N-ethyl adjacent to an activating group) is 1. The van der Waals surface area contributed by atoms with E-state index >= 15 is 0 Å². The lowest BCUT2D eigenvalue weighted by molar-refractivity contribution is -0.129. The quantitative estimate of drug-likeness (QED) is 0.799. The number of nitrogens with zero attached hydrogens (tertiary/aromatic N) is 1. The Bertz CT molecular complexity index is 351. The van der Waals surface area contributed by atoms with E-state index in [0.29, 0.717) is 12.3 Å². The molecule has 0 radical (unpaired) electrons. The third-order valence-corrected chi connectivity index (χ3v) is 3.10. The van der Waals surface area contributed by atoms with Crippen LogP contribution in [-0.4, -0.2) is 38.0 Å². The van der Waals surface area contributed by atoms with Crippen LogP contribution in [0.1, 0.15) is 18.9 Å². The third-order valence-electron chi connectivity index (χ3n) is 3.10. The van der Waals surface area contributed by atoms with Gasteiger partial charge in [-0.05, 0) is 31.5 Å². The lowest BCUT2D eigenvalue weighted by Crippen LogP contribution is -2.33. The normalized spacial score (nSPS) is 12.2. The predicted molar refractivity (Wildman–Crippen MR) is 75.5 cm³/mol. The van der Waals surface area contributed by atoms with Gasteiger partial charge in [0.1, 0.15) is 0 Å². The van der Waals surface area contributed by atoms with Crippen molar-refractivity contribution >= 4 is 5.91 Å². The van der Waals surface area contributed by atoms with E-state index < -0.39 is 0 Å². The number of benzene rings is 1. The molecule has 0 bridgehead atoms. The maximum absolute atomic E-state index is 12.0. The van der Waals surface area contributed by atoms with E-state index in [1.54, 1.807) is 0 Å². The summed E-state index contributed by atoms with van der Waals surface area (Å²) in [6.45, 7) is 4.01. The second-order valence-corrected chi connectivity index (χ2v) is 4.93. The number of hydrogen-bond donors (Lipinski definition) is 1. The van der Waals surface area contributed by atoms with Crippen LogP contribution < -0.4 is 5.32 Å². The maximum atomic E-state index is 12.0. The van der Waals surface area contributed by atoms with Gasteiger partial charge < -0.3 is 10.2 Å². The van der Waals surface area contributed by atoms with Gasteiger partial charge in [-0.1, -0.05) is 37.3 Å². The molecule has 1 unspecified atom stereocenters. The van der Waals surface area contributed by atoms with E-state index in [1.165, 1.54) is 0 Å². The molecule has 3 heteroatoms. The van der Waals surface area contributed by atoms with Crippen LogP contribution in [0.5, 0.6) is 0 Å². The lowest BCUT2D eigenvalue weighted by atomic mass is 10.1. The van der Waals surface area contributed by atoms with Crippen molar-refractivity contribution in [1.29, 1.82) is 0 Å². The van der Waals surface area contributed by atoms with Gasteiger partial charge in [-0.15, -0.1) is 0 Å². The number of hydrogen-bond acceptors (Lipinski definition) is 2. The van der Waals surface area contributed by atoms with Gasteiger partial charge in [0.15, 0.2) is 0 Å². The van der Waals surface area contributed by atoms with Crippen molar-refractivity contribution in [3.63, 3.8) is 0 Å². The summed E-state index contributed by atoms with van der Waals surface area (Å²) < 4.78 is 0. The predicted octanol–water partition coefficient (Wildman–Crippen LogP) is 1.93. The molecule has 0 saturated carbocycles. The zero-order valence-corrected chi connectivity index (χ0v) is 11.6. The molecule has 0 saturated heterocycles. The van der Waals surface area contributed by atoms with Crippen LogP contribution in [0.15, 0.2) is 30.3 Å². The van der Waals surface area contributed by atoms with Crippen molar-refractivity contribution in [2.75, 3.05) is 27.2 Å². The molecule has 0 aliphatic heterocycles. The van der Waals surface area contributed by atoms with Crippen molar-refractivity contribution in [2.45, 2.75) is 19.8 Å². The summed E-state index contributed by atoms with van der Waals surface area (Å²) in [4.78, 5) is 13.9. The largest absolute Gasteiger partial charge is 0.345 e. The number of carbonyl (C=O) groups excluding carboxylic acids is 1. The van der Waals surface area contributed by atoms with Crippen LogP contribution in [0.2, 0.25) is 0 Å². The van der Waals surface area contributed by atoms with Crippen molar-refractivity contribution < 1.29 is 4.79 Å². The van der Waals surface area contributed by atoms with Crippen LogP contribution >= 0.6 is 0 Å². The van der Waals surface area contributed by atoms with Crippen LogP contribution in [0.3, 0.4) is 0 Å². The van der Waals surface area contributed by atoms with Gasteiger partial charge in [-0.3, -0.25) is 4.79 Å². The van der Waals surface area contributed by atoms with Crippen LogP contribution in [0, 0.1) is 5.92 Å². The minimum Gasteiger partial charge on any atom is -0.345 e. The van der Waals surface area contributed by atoms with Crippen LogP contribution in [-0.2, 0) is 11.2 Å². The molecule has 0 fully saturated rings. The summed E-state index contributed by atoms with van der Waals surface area (Å²) in [5.41, 5.74) is 1.08. The van der Waals surface area contributed by atoms with E-state index in [2.05, 4.69) is 12.2 Å². The highest BCUT2D eigenvalue weighted by atomic mass is 16.2. The van der Waals surface area contributed by atoms with Gasteiger partial charge >= 0.3 is 0 Å². The Morgan fingerprint density at radius 2 is 2.00 bits per heavy atom. The van der Waals surface area contributed by atoms with E-state index in [1.807, 2.05) is 49.3 Å². The summed E-state index contributed by atoms with van der Waals surface area (Å²) in [6.07, 6.45) is 1.59. The minimum absolute atomic E-state index is 0.192. The second kappa shape index (κ2) is 7.88. The highest BCUT2D eigenvalue weighted by molar-refractivity contribution is 5.78. The summed E-state index contributed by atoms with van der Waals surface area (Å²) in [7, 11) is 3.85. The van der Waals surface area contributed by atoms with Crippen LogP contribution in [0.4, 0.5) is 0 Å². The van der Waals surface area contributed by atoms with Gasteiger partial charge in [0.25, 0.3) is 0 Å². The Balaban J connectivity index is 2.37. The second-order valence-electron chi connectivity index (χ2n) is 4.93. The summed E-state index contributed by atoms with van der Waals surface area (Å²) in [5, 5.41) is 3.14. The molecule has 0 aliphatic rings. The first-order valence-corrected chi connectivity index (χ1v) is 6.56. The van der Waals surface area contributed by atoms with Crippen molar-refractivity contribution in [1.82, 2.24) is 10.2 Å². The number of amides is 1. The molecule has 100 valence electrons. The van der Waals surface area contributed by atoms with Crippen molar-refractivity contribution in [2.24, 2.45) is 5.92 Å². The van der Waals surface area contributed by atoms with Crippen LogP contribution in [0.25, 0.3) is 0 Å². The molecule has 1 aromatic rings. The maximum Gasteiger partial charge on any atom is 0.226 e. The van der Waals surface area contributed by atoms with E-state index in [-0.39, 0.29) is 5.91 Å². The van der Waals surface area contributed by atoms with Gasteiger partial charge in [0.05, 0.1) is 6.42 Å². The zero-order chi connectivity index (χ0) is 13.4. The Labute approximate surface area is 110 Å². The Kier molecular flexibility index (Phi) is 6.44. The third kappa shape index (κ3) is 5.32. The average Bonchev–Trinajstić information content (AvgIpc) is 2.37. The van der Waals surface area contributed by atoms with E-state index in [0.717, 1.165) is 25.1 Å². The SMILES string of the molecule is CNCCC(C)CN(C)C(=O)Cc1ccccc1. The first kappa shape index (κ1) is 14.7. The molecule has 1 amide bonds. The fourth-order valence-electron chi connectivity index (χ4n) is 1.96. The van der Waals surface area contributed by atoms with E-state index in [4.69, 9.17) is 0 Å².